The summed E-state index contributed by atoms with van der Waals surface area (Å²) in [6, 6.07) is 35.6. The van der Waals surface area contributed by atoms with Gasteiger partial charge in [-0.2, -0.15) is 0 Å². The van der Waals surface area contributed by atoms with Crippen molar-refractivity contribution in [2.75, 3.05) is 11.6 Å². The van der Waals surface area contributed by atoms with Gasteiger partial charge in [-0.05, 0) is 49.4 Å². The molecule has 0 fully saturated rings. The summed E-state index contributed by atoms with van der Waals surface area (Å²) in [6.45, 7) is 1.98. The third-order valence-corrected chi connectivity index (χ3v) is 7.01. The Morgan fingerprint density at radius 2 is 1.20 bits per heavy atom. The van der Waals surface area contributed by atoms with Crippen LogP contribution in [0.1, 0.15) is 5.69 Å². The van der Waals surface area contributed by atoms with Gasteiger partial charge in [0.15, 0.2) is 11.5 Å². The van der Waals surface area contributed by atoms with E-state index in [1.54, 1.807) is 0 Å². The monoisotopic (exact) mass is 415 g/mol. The number of hydrogen-bond acceptors (Lipinski definition) is 4. The van der Waals surface area contributed by atoms with E-state index in [1.807, 2.05) is 116 Å². The van der Waals surface area contributed by atoms with Crippen LogP contribution < -0.4 is 19.8 Å². The predicted octanol–water partition coefficient (Wildman–Crippen LogP) is 6.09. The fourth-order valence-corrected chi connectivity index (χ4v) is 5.48. The highest BCUT2D eigenvalue weighted by Gasteiger charge is 2.50. The van der Waals surface area contributed by atoms with Gasteiger partial charge in [-0.3, -0.25) is 0 Å². The van der Waals surface area contributed by atoms with Crippen molar-refractivity contribution in [2.45, 2.75) is 6.92 Å². The summed E-state index contributed by atoms with van der Waals surface area (Å²) >= 11 is 0. The lowest BCUT2D eigenvalue weighted by Crippen LogP contribution is -2.30. The number of rotatable bonds is 8. The molecule has 1 aromatic heterocycles. The zero-order chi connectivity index (χ0) is 20.7. The Labute approximate surface area is 178 Å². The maximum absolute atomic E-state index is 6.63. The number of aromatic nitrogens is 1. The van der Waals surface area contributed by atoms with Crippen LogP contribution in [-0.2, 0) is 0 Å². The van der Waals surface area contributed by atoms with Crippen LogP contribution in [0.15, 0.2) is 109 Å². The van der Waals surface area contributed by atoms with Gasteiger partial charge in [-0.15, -0.1) is 0 Å². The molecule has 0 aliphatic heterocycles. The van der Waals surface area contributed by atoms with Crippen LogP contribution in [0.25, 0.3) is 0 Å². The fraction of sp³-hybridized carbons (Fsp3) is 0.0800. The summed E-state index contributed by atoms with van der Waals surface area (Å²) in [4.78, 5) is 4.81. The van der Waals surface area contributed by atoms with Crippen molar-refractivity contribution in [2.24, 2.45) is 0 Å². The van der Waals surface area contributed by atoms with E-state index < -0.39 is 7.72 Å². The van der Waals surface area contributed by atoms with Gasteiger partial charge in [0, 0.05) is 17.4 Å². The molecule has 0 aliphatic rings. The lowest BCUT2D eigenvalue weighted by atomic mass is 10.3. The van der Waals surface area contributed by atoms with E-state index in [-0.39, 0.29) is 0 Å². The molecule has 0 bridgehead atoms. The first-order valence-corrected chi connectivity index (χ1v) is 11.7. The van der Waals surface area contributed by atoms with Gasteiger partial charge >= 0.3 is 7.72 Å². The van der Waals surface area contributed by atoms with Crippen molar-refractivity contribution in [3.8, 4) is 11.5 Å². The van der Waals surface area contributed by atoms with Gasteiger partial charge in [0.05, 0.1) is 0 Å². The standard InChI is InChI=1S/C25H24N2O2P/c1-21-12-11-19-25(27-21)30(28-23-15-7-3-8-16-23,29-24-17-9-4-10-18-24)20-26-22-13-5-2-6-14-22/h2-19,26H,20H2,1H3/q+1. The SMILES string of the molecule is Cc1cccc([P+](CNc2ccccc2)(Oc2ccccc2)Oc2ccccc2)n1. The van der Waals surface area contributed by atoms with E-state index in [2.05, 4.69) is 5.32 Å². The molecule has 4 rings (SSSR count). The highest BCUT2D eigenvalue weighted by Crippen LogP contribution is 2.58. The Hall–Kier alpha value is -3.36. The third-order valence-electron chi connectivity index (χ3n) is 4.48. The number of hydrogen-bond donors (Lipinski definition) is 1. The molecule has 0 radical (unpaired) electrons. The number of para-hydroxylation sites is 3. The summed E-state index contributed by atoms with van der Waals surface area (Å²) in [6.07, 6.45) is 0.469. The number of pyridine rings is 1. The molecule has 0 unspecified atom stereocenters. The highest BCUT2D eigenvalue weighted by atomic mass is 31.2. The molecule has 0 amide bonds. The average molecular weight is 415 g/mol. The van der Waals surface area contributed by atoms with Crippen molar-refractivity contribution in [3.05, 3.63) is 115 Å². The molecule has 0 atom stereocenters. The van der Waals surface area contributed by atoms with Crippen molar-refractivity contribution < 1.29 is 9.05 Å². The van der Waals surface area contributed by atoms with Crippen LogP contribution in [0.3, 0.4) is 0 Å². The maximum atomic E-state index is 6.63. The molecule has 1 heterocycles. The van der Waals surface area contributed by atoms with E-state index in [4.69, 9.17) is 14.0 Å². The van der Waals surface area contributed by atoms with Crippen molar-refractivity contribution in [3.63, 3.8) is 0 Å². The summed E-state index contributed by atoms with van der Waals surface area (Å²) in [5, 5.41) is 3.50. The first kappa shape index (κ1) is 19.9. The predicted molar refractivity (Wildman–Crippen MR) is 125 cm³/mol. The Kier molecular flexibility index (Phi) is 6.26. The largest absolute Gasteiger partial charge is 0.433 e. The van der Waals surface area contributed by atoms with Gasteiger partial charge < -0.3 is 14.4 Å². The molecule has 0 saturated carbocycles. The van der Waals surface area contributed by atoms with E-state index >= 15 is 0 Å². The lowest BCUT2D eigenvalue weighted by molar-refractivity contribution is 0.474. The van der Waals surface area contributed by atoms with Crippen molar-refractivity contribution in [1.82, 2.24) is 4.98 Å². The summed E-state index contributed by atoms with van der Waals surface area (Å²) in [5.74, 6) is 1.50. The van der Waals surface area contributed by atoms with Crippen LogP contribution in [-0.4, -0.2) is 11.3 Å². The minimum atomic E-state index is -2.71. The van der Waals surface area contributed by atoms with E-state index in [9.17, 15) is 0 Å². The molecule has 0 aliphatic carbocycles. The lowest BCUT2D eigenvalue weighted by Gasteiger charge is -2.24. The van der Waals surface area contributed by atoms with Crippen molar-refractivity contribution in [1.29, 1.82) is 0 Å². The molecule has 5 heteroatoms. The quantitative estimate of drug-likeness (QED) is 0.354. The molecular formula is C25H24N2O2P+. The Bertz CT molecular complexity index is 1020. The van der Waals surface area contributed by atoms with Gasteiger partial charge in [0.2, 0.25) is 6.29 Å². The summed E-state index contributed by atoms with van der Waals surface area (Å²) in [7, 11) is -2.71. The number of anilines is 1. The van der Waals surface area contributed by atoms with Gasteiger partial charge in [-0.25, -0.2) is 4.98 Å². The topological polar surface area (TPSA) is 43.4 Å². The van der Waals surface area contributed by atoms with Gasteiger partial charge in [0.25, 0.3) is 5.44 Å². The Morgan fingerprint density at radius 3 is 1.73 bits per heavy atom. The number of aryl methyl sites for hydroxylation is 1. The molecule has 3 aromatic carbocycles. The highest BCUT2D eigenvalue weighted by molar-refractivity contribution is 7.74. The van der Waals surface area contributed by atoms with Crippen LogP contribution in [0.5, 0.6) is 11.5 Å². The number of benzene rings is 3. The second-order valence-electron chi connectivity index (χ2n) is 6.82. The third kappa shape index (κ3) is 4.97. The van der Waals surface area contributed by atoms with E-state index in [1.165, 1.54) is 0 Å². The van der Waals surface area contributed by atoms with Gasteiger partial charge in [0.1, 0.15) is 0 Å². The van der Waals surface area contributed by atoms with Gasteiger partial charge in [-0.1, -0.05) is 60.7 Å². The fourth-order valence-electron chi connectivity index (χ4n) is 3.03. The molecule has 4 aromatic rings. The van der Waals surface area contributed by atoms with Crippen LogP contribution in [0, 0.1) is 6.92 Å². The van der Waals surface area contributed by atoms with Crippen LogP contribution in [0.2, 0.25) is 0 Å². The number of nitrogens with zero attached hydrogens (tertiary/aromatic N) is 1. The van der Waals surface area contributed by atoms with Crippen molar-refractivity contribution >= 4 is 18.8 Å². The minimum absolute atomic E-state index is 0.469. The number of nitrogens with one attached hydrogen (secondary N) is 1. The molecule has 0 saturated heterocycles. The molecule has 30 heavy (non-hydrogen) atoms. The Morgan fingerprint density at radius 1 is 0.667 bits per heavy atom. The summed E-state index contributed by atoms with van der Waals surface area (Å²) < 4.78 is 13.3. The second-order valence-corrected chi connectivity index (χ2v) is 9.31. The summed E-state index contributed by atoms with van der Waals surface area (Å²) in [5.41, 5.74) is 2.73. The normalized spacial score (nSPS) is 11.0. The maximum Gasteiger partial charge on any atom is 0.433 e. The Balaban J connectivity index is 1.77. The second kappa shape index (κ2) is 9.43. The first-order valence-electron chi connectivity index (χ1n) is 9.84. The smallest absolute Gasteiger partial charge is 0.347 e. The first-order chi connectivity index (χ1) is 14.7. The zero-order valence-corrected chi connectivity index (χ0v) is 17.7. The minimum Gasteiger partial charge on any atom is -0.347 e. The van der Waals surface area contributed by atoms with E-state index in [0.29, 0.717) is 6.29 Å². The molecule has 0 spiro atoms. The zero-order valence-electron chi connectivity index (χ0n) is 16.8. The molecule has 150 valence electrons. The molecule has 1 N–H and O–H groups in total. The van der Waals surface area contributed by atoms with E-state index in [0.717, 1.165) is 28.3 Å². The molecular weight excluding hydrogens is 391 g/mol. The molecule has 4 nitrogen and oxygen atoms in total. The average Bonchev–Trinajstić information content (AvgIpc) is 2.80. The van der Waals surface area contributed by atoms with Crippen LogP contribution >= 0.6 is 7.72 Å². The van der Waals surface area contributed by atoms with Crippen LogP contribution in [0.4, 0.5) is 5.69 Å².